The molecule has 0 amide bonds. The molecule has 0 aliphatic rings. The van der Waals surface area contributed by atoms with Crippen LogP contribution in [0.1, 0.15) is 23.1 Å². The molecule has 6 heteroatoms. The van der Waals surface area contributed by atoms with Gasteiger partial charge < -0.3 is 15.5 Å². The van der Waals surface area contributed by atoms with Crippen molar-refractivity contribution in [3.63, 3.8) is 0 Å². The van der Waals surface area contributed by atoms with Crippen LogP contribution in [-0.2, 0) is 0 Å². The number of phenolic OH excluding ortho intramolecular Hbond substituents is 1. The monoisotopic (exact) mass is 260 g/mol. The van der Waals surface area contributed by atoms with Crippen LogP contribution < -0.4 is 5.32 Å². The predicted molar refractivity (Wildman–Crippen MR) is 70.9 cm³/mol. The van der Waals surface area contributed by atoms with Gasteiger partial charge in [-0.3, -0.25) is 0 Å². The largest absolute Gasteiger partial charge is 0.508 e. The molecule has 1 aromatic carbocycles. The van der Waals surface area contributed by atoms with Crippen LogP contribution in [0.4, 0.5) is 5.95 Å². The number of phenols is 1. The number of rotatable bonds is 4. The summed E-state index contributed by atoms with van der Waals surface area (Å²) in [5.41, 5.74) is 2.29. The minimum absolute atomic E-state index is 0.172. The highest BCUT2D eigenvalue weighted by molar-refractivity contribution is 5.30. The van der Waals surface area contributed by atoms with Gasteiger partial charge in [0.2, 0.25) is 5.95 Å². The van der Waals surface area contributed by atoms with E-state index < -0.39 is 6.10 Å². The van der Waals surface area contributed by atoms with Crippen molar-refractivity contribution in [3.05, 3.63) is 41.2 Å². The zero-order chi connectivity index (χ0) is 13.8. The van der Waals surface area contributed by atoms with E-state index in [2.05, 4.69) is 20.5 Å². The molecule has 0 bridgehead atoms. The van der Waals surface area contributed by atoms with Crippen LogP contribution in [-0.4, -0.2) is 31.9 Å². The van der Waals surface area contributed by atoms with Gasteiger partial charge >= 0.3 is 0 Å². The number of nitrogens with one attached hydrogen (secondary N) is 1. The molecule has 0 aliphatic carbocycles. The standard InChI is InChI=1S/C13H16N4O2/c1-8-9(2)16-17-13(15-8)14-7-12(19)10-3-5-11(18)6-4-10/h3-6,12,18-19H,7H2,1-2H3,(H,14,15,17). The topological polar surface area (TPSA) is 91.2 Å². The SMILES string of the molecule is Cc1nnc(NCC(O)c2ccc(O)cc2)nc1C. The van der Waals surface area contributed by atoms with E-state index in [4.69, 9.17) is 0 Å². The highest BCUT2D eigenvalue weighted by Crippen LogP contribution is 2.16. The summed E-state index contributed by atoms with van der Waals surface area (Å²) in [5, 5.41) is 29.9. The number of hydrogen-bond acceptors (Lipinski definition) is 6. The first-order valence-electron chi connectivity index (χ1n) is 5.95. The molecule has 6 nitrogen and oxygen atoms in total. The van der Waals surface area contributed by atoms with Crippen molar-refractivity contribution >= 4 is 5.95 Å². The number of hydrogen-bond donors (Lipinski definition) is 3. The van der Waals surface area contributed by atoms with E-state index in [1.54, 1.807) is 12.1 Å². The molecule has 0 fully saturated rings. The predicted octanol–water partition coefficient (Wildman–Crippen LogP) is 1.34. The molecular weight excluding hydrogens is 244 g/mol. The molecule has 1 heterocycles. The van der Waals surface area contributed by atoms with E-state index >= 15 is 0 Å². The van der Waals surface area contributed by atoms with E-state index in [0.717, 1.165) is 11.4 Å². The summed E-state index contributed by atoms with van der Waals surface area (Å²) in [4.78, 5) is 4.22. The van der Waals surface area contributed by atoms with Crippen LogP contribution in [0.15, 0.2) is 24.3 Å². The maximum atomic E-state index is 9.98. The smallest absolute Gasteiger partial charge is 0.243 e. The Bertz CT molecular complexity index is 557. The van der Waals surface area contributed by atoms with E-state index in [9.17, 15) is 10.2 Å². The van der Waals surface area contributed by atoms with Crippen molar-refractivity contribution < 1.29 is 10.2 Å². The second-order valence-electron chi connectivity index (χ2n) is 4.29. The molecule has 2 aromatic rings. The fourth-order valence-electron chi connectivity index (χ4n) is 1.53. The van der Waals surface area contributed by atoms with E-state index in [1.165, 1.54) is 12.1 Å². The van der Waals surface area contributed by atoms with Crippen molar-refractivity contribution in [2.45, 2.75) is 20.0 Å². The summed E-state index contributed by atoms with van der Waals surface area (Å²) in [6, 6.07) is 6.40. The summed E-state index contributed by atoms with van der Waals surface area (Å²) >= 11 is 0. The van der Waals surface area contributed by atoms with Crippen molar-refractivity contribution in [2.75, 3.05) is 11.9 Å². The minimum Gasteiger partial charge on any atom is -0.508 e. The third-order valence-electron chi connectivity index (χ3n) is 2.82. The van der Waals surface area contributed by atoms with Gasteiger partial charge in [-0.2, -0.15) is 5.10 Å². The third-order valence-corrected chi connectivity index (χ3v) is 2.82. The van der Waals surface area contributed by atoms with Crippen LogP contribution in [0, 0.1) is 13.8 Å². The summed E-state index contributed by atoms with van der Waals surface area (Å²) < 4.78 is 0. The molecular formula is C13H16N4O2. The Morgan fingerprint density at radius 3 is 2.42 bits per heavy atom. The number of benzene rings is 1. The lowest BCUT2D eigenvalue weighted by Gasteiger charge is -2.12. The number of aromatic nitrogens is 3. The van der Waals surface area contributed by atoms with Gasteiger partial charge in [0.1, 0.15) is 5.75 Å². The van der Waals surface area contributed by atoms with Gasteiger partial charge in [-0.05, 0) is 31.5 Å². The lowest BCUT2D eigenvalue weighted by atomic mass is 10.1. The Balaban J connectivity index is 1.98. The molecule has 0 spiro atoms. The molecule has 0 aliphatic heterocycles. The van der Waals surface area contributed by atoms with Gasteiger partial charge in [-0.25, -0.2) is 4.98 Å². The van der Waals surface area contributed by atoms with Crippen LogP contribution in [0.25, 0.3) is 0 Å². The fraction of sp³-hybridized carbons (Fsp3) is 0.308. The van der Waals surface area contributed by atoms with Gasteiger partial charge in [-0.15, -0.1) is 5.10 Å². The summed E-state index contributed by atoms with van der Waals surface area (Å²) in [7, 11) is 0. The maximum absolute atomic E-state index is 9.98. The fourth-order valence-corrected chi connectivity index (χ4v) is 1.53. The third kappa shape index (κ3) is 3.38. The normalized spacial score (nSPS) is 12.2. The summed E-state index contributed by atoms with van der Waals surface area (Å²) in [5.74, 6) is 0.562. The zero-order valence-electron chi connectivity index (χ0n) is 10.8. The minimum atomic E-state index is -0.703. The highest BCUT2D eigenvalue weighted by Gasteiger charge is 2.08. The summed E-state index contributed by atoms with van der Waals surface area (Å²) in [6.45, 7) is 3.96. The molecule has 100 valence electrons. The first kappa shape index (κ1) is 13.2. The number of nitrogens with zero attached hydrogens (tertiary/aromatic N) is 3. The van der Waals surface area contributed by atoms with Gasteiger partial charge in [0.15, 0.2) is 0 Å². The Morgan fingerprint density at radius 1 is 1.11 bits per heavy atom. The second kappa shape index (κ2) is 5.62. The molecule has 19 heavy (non-hydrogen) atoms. The average molecular weight is 260 g/mol. The maximum Gasteiger partial charge on any atom is 0.243 e. The van der Waals surface area contributed by atoms with Crippen LogP contribution in [0.5, 0.6) is 5.75 Å². The Hall–Kier alpha value is -2.21. The summed E-state index contributed by atoms with van der Waals surface area (Å²) in [6.07, 6.45) is -0.703. The van der Waals surface area contributed by atoms with E-state index in [-0.39, 0.29) is 12.3 Å². The number of aryl methyl sites for hydroxylation is 2. The van der Waals surface area contributed by atoms with Crippen molar-refractivity contribution in [2.24, 2.45) is 0 Å². The van der Waals surface area contributed by atoms with Crippen LogP contribution >= 0.6 is 0 Å². The van der Waals surface area contributed by atoms with Crippen LogP contribution in [0.3, 0.4) is 0 Å². The van der Waals surface area contributed by atoms with Gasteiger partial charge in [-0.1, -0.05) is 12.1 Å². The number of aliphatic hydroxyl groups excluding tert-OH is 1. The lowest BCUT2D eigenvalue weighted by Crippen LogP contribution is -2.15. The number of aliphatic hydroxyl groups is 1. The van der Waals surface area contributed by atoms with Gasteiger partial charge in [0.25, 0.3) is 0 Å². The van der Waals surface area contributed by atoms with E-state index in [0.29, 0.717) is 11.5 Å². The highest BCUT2D eigenvalue weighted by atomic mass is 16.3. The number of aromatic hydroxyl groups is 1. The Labute approximate surface area is 111 Å². The molecule has 1 unspecified atom stereocenters. The van der Waals surface area contributed by atoms with E-state index in [1.807, 2.05) is 13.8 Å². The van der Waals surface area contributed by atoms with Crippen LogP contribution in [0.2, 0.25) is 0 Å². The molecule has 1 atom stereocenters. The Morgan fingerprint density at radius 2 is 1.79 bits per heavy atom. The van der Waals surface area contributed by atoms with Crippen molar-refractivity contribution in [1.82, 2.24) is 15.2 Å². The second-order valence-corrected chi connectivity index (χ2v) is 4.29. The molecule has 0 saturated heterocycles. The molecule has 3 N–H and O–H groups in total. The van der Waals surface area contributed by atoms with Gasteiger partial charge in [0, 0.05) is 6.54 Å². The first-order chi connectivity index (χ1) is 9.06. The molecule has 1 aromatic heterocycles. The molecule has 0 saturated carbocycles. The molecule has 0 radical (unpaired) electrons. The Kier molecular flexibility index (Phi) is 3.91. The number of anilines is 1. The quantitative estimate of drug-likeness (QED) is 0.768. The van der Waals surface area contributed by atoms with Crippen molar-refractivity contribution in [3.8, 4) is 5.75 Å². The van der Waals surface area contributed by atoms with Crippen molar-refractivity contribution in [1.29, 1.82) is 0 Å². The first-order valence-corrected chi connectivity index (χ1v) is 5.95. The average Bonchev–Trinajstić information content (AvgIpc) is 2.40. The zero-order valence-corrected chi connectivity index (χ0v) is 10.8. The van der Waals surface area contributed by atoms with Gasteiger partial charge in [0.05, 0.1) is 17.5 Å². The lowest BCUT2D eigenvalue weighted by molar-refractivity contribution is 0.191. The molecule has 2 rings (SSSR count).